The molecular weight excluding hydrogens is 951 g/mol. The van der Waals surface area contributed by atoms with Gasteiger partial charge in [-0.3, -0.25) is 8.18 Å². The second kappa shape index (κ2) is 22.9. The molecule has 0 amide bonds. The first-order valence-electron chi connectivity index (χ1n) is 20.6. The molecule has 2 unspecified atom stereocenters. The van der Waals surface area contributed by atoms with Gasteiger partial charge in [-0.2, -0.15) is 9.19 Å². The second-order valence-corrected chi connectivity index (χ2v) is 29.4. The van der Waals surface area contributed by atoms with E-state index in [1.165, 1.54) is 34.1 Å². The molecule has 2 atom stereocenters. The van der Waals surface area contributed by atoms with Crippen LogP contribution in [0.5, 0.6) is 0 Å². The zero-order chi connectivity index (χ0) is 51.1. The van der Waals surface area contributed by atoms with Gasteiger partial charge in [0.1, 0.15) is 18.0 Å². The molecule has 0 spiro atoms. The molecule has 0 aromatic carbocycles. The molecule has 5 rings (SSSR count). The van der Waals surface area contributed by atoms with Crippen LogP contribution >= 0.6 is 11.3 Å². The summed E-state index contributed by atoms with van der Waals surface area (Å²) in [6.45, 7) is 27.6. The van der Waals surface area contributed by atoms with Crippen molar-refractivity contribution in [2.75, 3.05) is 31.3 Å². The lowest BCUT2D eigenvalue weighted by molar-refractivity contribution is 0.583. The molecule has 0 bridgehead atoms. The van der Waals surface area contributed by atoms with Crippen molar-refractivity contribution < 1.29 is 33.7 Å². The van der Waals surface area contributed by atoms with Gasteiger partial charge in [-0.05, 0) is 62.8 Å². The lowest BCUT2D eigenvalue weighted by atomic mass is 10.0. The standard InChI is InChI=1S/C9H16N2O2S.C9H15NOS2.2C8H14N2O2S.C8H14N2OS/c1-6(2)9-7(3)10-11(8(9)4)14(5,12)13;1-6(2)8-7(3)12-9(10-8)13(4,5)11;1-6(2)8-9-7(5-10(8)3)13(4,11)12;1-6(2)8-7(3)10(5-9-8)13(4,11)12;1-7(2)8-9-5-6-10(8)12(3,4)11/h6H,1-5H3;6H,4H2,1-3,5H3;2*5-6H,1-4H3;5-7H,3H2,1-2,4H3. The molecule has 5 aromatic heterocycles. The van der Waals surface area contributed by atoms with Crippen LogP contribution in [0.2, 0.25) is 0 Å². The van der Waals surface area contributed by atoms with E-state index >= 15 is 0 Å². The van der Waals surface area contributed by atoms with Gasteiger partial charge in [0.25, 0.3) is 10.0 Å². The van der Waals surface area contributed by atoms with Gasteiger partial charge in [0.2, 0.25) is 10.0 Å². The maximum Gasteiger partial charge on any atom is 0.251 e. The predicted octanol–water partition coefficient (Wildman–Crippen LogP) is 6.90. The SMILES string of the molecule is C=S(C)(=O)c1nc(C(C)C)c(C)s1.C=S(C)(=O)n1ccnc1C(C)C.CC(C)c1nc(S(C)(=O)=O)cn1C.Cc1c(C(C)C)ncn1S(C)(=O)=O.Cc1nn(S(C)(=O)=O)c(C)c1C(C)C. The number of aromatic nitrogens is 9. The van der Waals surface area contributed by atoms with Crippen LogP contribution in [-0.2, 0) is 56.2 Å². The van der Waals surface area contributed by atoms with E-state index in [1.807, 2.05) is 69.2 Å². The maximum atomic E-state index is 11.6. The van der Waals surface area contributed by atoms with Gasteiger partial charge in [0.05, 0.1) is 41.0 Å². The van der Waals surface area contributed by atoms with E-state index < -0.39 is 49.1 Å². The first-order chi connectivity index (χ1) is 29.2. The zero-order valence-corrected chi connectivity index (χ0v) is 46.7. The van der Waals surface area contributed by atoms with Gasteiger partial charge in [-0.1, -0.05) is 69.2 Å². The van der Waals surface area contributed by atoms with Gasteiger partial charge in [-0.25, -0.2) is 53.4 Å². The van der Waals surface area contributed by atoms with E-state index in [4.69, 9.17) is 0 Å². The van der Waals surface area contributed by atoms with Crippen molar-refractivity contribution in [3.63, 3.8) is 0 Å². The Morgan fingerprint density at radius 2 is 1.12 bits per heavy atom. The topological polar surface area (TPSA) is 221 Å². The molecule has 0 saturated carbocycles. The van der Waals surface area contributed by atoms with E-state index in [9.17, 15) is 33.7 Å². The average molecular weight is 1020 g/mol. The van der Waals surface area contributed by atoms with Crippen LogP contribution in [-0.4, -0.2) is 118 Å². The van der Waals surface area contributed by atoms with Gasteiger partial charge >= 0.3 is 0 Å². The Bertz CT molecular complexity index is 2860. The number of imidazole rings is 3. The molecule has 5 heterocycles. The molecule has 65 heavy (non-hydrogen) atoms. The number of nitrogens with zero attached hydrogens (tertiary/aromatic N) is 9. The highest BCUT2D eigenvalue weighted by Gasteiger charge is 2.20. The highest BCUT2D eigenvalue weighted by molar-refractivity contribution is 8.01. The van der Waals surface area contributed by atoms with Crippen molar-refractivity contribution in [1.29, 1.82) is 0 Å². The quantitative estimate of drug-likeness (QED) is 0.130. The van der Waals surface area contributed by atoms with Crippen molar-refractivity contribution in [3.05, 3.63) is 75.5 Å². The van der Waals surface area contributed by atoms with Gasteiger partial charge < -0.3 is 4.57 Å². The van der Waals surface area contributed by atoms with Crippen LogP contribution in [0.3, 0.4) is 0 Å². The van der Waals surface area contributed by atoms with Crippen LogP contribution in [0.25, 0.3) is 0 Å². The molecule has 5 aromatic rings. The normalized spacial score (nSPS) is 13.9. The second-order valence-electron chi connectivity index (χ2n) is 17.6. The molecule has 0 fully saturated rings. The summed E-state index contributed by atoms with van der Waals surface area (Å²) in [4.78, 5) is 17.8. The lowest BCUT2D eigenvalue weighted by Crippen LogP contribution is -2.13. The zero-order valence-electron chi connectivity index (χ0n) is 41.9. The van der Waals surface area contributed by atoms with E-state index in [0.29, 0.717) is 21.9 Å². The van der Waals surface area contributed by atoms with Crippen molar-refractivity contribution in [1.82, 2.24) is 41.6 Å². The van der Waals surface area contributed by atoms with Crippen molar-refractivity contribution in [2.45, 2.75) is 136 Å². The Hall–Kier alpha value is -3.64. The summed E-state index contributed by atoms with van der Waals surface area (Å²) in [5.41, 5.74) is 5.14. The van der Waals surface area contributed by atoms with Crippen LogP contribution < -0.4 is 0 Å². The Morgan fingerprint density at radius 1 is 0.615 bits per heavy atom. The fraction of sp³-hybridized carbons (Fsp3) is 0.595. The molecule has 0 radical (unpaired) electrons. The van der Waals surface area contributed by atoms with Crippen molar-refractivity contribution >= 4 is 72.2 Å². The molecule has 370 valence electrons. The largest absolute Gasteiger partial charge is 0.336 e. The smallest absolute Gasteiger partial charge is 0.251 e. The first-order valence-corrected chi connectivity index (χ1v) is 31.2. The minimum atomic E-state index is -3.26. The number of hydrogen-bond donors (Lipinski definition) is 0. The summed E-state index contributed by atoms with van der Waals surface area (Å²) in [7, 11) is -12.1. The Morgan fingerprint density at radius 3 is 1.37 bits per heavy atom. The maximum absolute atomic E-state index is 11.6. The third-order valence-electron chi connectivity index (χ3n) is 9.19. The van der Waals surface area contributed by atoms with E-state index in [1.54, 1.807) is 60.5 Å². The predicted molar refractivity (Wildman–Crippen MR) is 271 cm³/mol. The van der Waals surface area contributed by atoms with E-state index in [0.717, 1.165) is 55.2 Å². The monoisotopic (exact) mass is 1020 g/mol. The Balaban J connectivity index is 0.000000407. The average Bonchev–Trinajstić information content (AvgIpc) is 3.94. The molecule has 0 aliphatic rings. The summed E-state index contributed by atoms with van der Waals surface area (Å²) >= 11 is 1.50. The van der Waals surface area contributed by atoms with Crippen molar-refractivity contribution in [2.24, 2.45) is 7.05 Å². The summed E-state index contributed by atoms with van der Waals surface area (Å²) in [6.07, 6.45) is 13.0. The third-order valence-corrected chi connectivity index (χ3v) is 16.3. The van der Waals surface area contributed by atoms with E-state index in [-0.39, 0.29) is 22.8 Å². The molecule has 0 saturated heterocycles. The number of rotatable bonds is 10. The summed E-state index contributed by atoms with van der Waals surface area (Å²) in [5.74, 6) is 10.3. The van der Waals surface area contributed by atoms with Crippen LogP contribution in [0, 0.1) is 27.7 Å². The van der Waals surface area contributed by atoms with Crippen LogP contribution in [0.15, 0.2) is 34.3 Å². The van der Waals surface area contributed by atoms with Crippen LogP contribution in [0.1, 0.15) is 149 Å². The molecular formula is C42H73N9O8S6. The molecule has 23 heteroatoms. The van der Waals surface area contributed by atoms with E-state index in [2.05, 4.69) is 50.6 Å². The third kappa shape index (κ3) is 17.2. The highest BCUT2D eigenvalue weighted by atomic mass is 32.2. The molecule has 0 aliphatic heterocycles. The van der Waals surface area contributed by atoms with Gasteiger partial charge in [0, 0.05) is 80.3 Å². The van der Waals surface area contributed by atoms with Crippen LogP contribution in [0.4, 0.5) is 0 Å². The molecule has 17 nitrogen and oxygen atoms in total. The highest BCUT2D eigenvalue weighted by Crippen LogP contribution is 2.27. The molecule has 0 aliphatic carbocycles. The number of thiazole rings is 1. The number of aryl methyl sites for hydroxylation is 3. The fourth-order valence-corrected chi connectivity index (χ4v) is 11.8. The first kappa shape index (κ1) is 59.4. The minimum absolute atomic E-state index is 0.152. The fourth-order valence-electron chi connectivity index (χ4n) is 6.40. The Labute approximate surface area is 394 Å². The summed E-state index contributed by atoms with van der Waals surface area (Å²) < 4.78 is 97.0. The van der Waals surface area contributed by atoms with Crippen molar-refractivity contribution in [3.8, 4) is 0 Å². The number of hydrogen-bond acceptors (Lipinski definition) is 14. The van der Waals surface area contributed by atoms with Gasteiger partial charge in [-0.15, -0.1) is 11.3 Å². The molecule has 0 N–H and O–H groups in total. The number of sulfone groups is 1. The summed E-state index contributed by atoms with van der Waals surface area (Å²) in [5, 5.41) is 4.18. The minimum Gasteiger partial charge on any atom is -0.336 e. The summed E-state index contributed by atoms with van der Waals surface area (Å²) in [6, 6.07) is 0. The Kier molecular flexibility index (Phi) is 20.9. The van der Waals surface area contributed by atoms with Gasteiger partial charge in [0.15, 0.2) is 19.2 Å². The lowest BCUT2D eigenvalue weighted by Gasteiger charge is -2.10.